The summed E-state index contributed by atoms with van der Waals surface area (Å²) in [5.41, 5.74) is 12.9. The molecule has 6 aromatic carbocycles. The largest absolute Gasteiger partial charge is 0.256 e. The van der Waals surface area contributed by atoms with Gasteiger partial charge in [0, 0.05) is 11.8 Å². The molecule has 0 bridgehead atoms. The predicted octanol–water partition coefficient (Wildman–Crippen LogP) is 14.3. The minimum Gasteiger partial charge on any atom is -0.256 e. The molecule has 0 atom stereocenters. The number of aromatic nitrogens is 1. The van der Waals surface area contributed by atoms with Gasteiger partial charge in [-0.05, 0) is 120 Å². The SMILES string of the molecule is C=C1/C=C\C=C/C/C=C\C=C1c1cc(-c2cccc(-c3c4ccccc4c(-c4cccc5c(C6=CC=CCC6)cccc45)c4ccccc34)c2)ccn1. The van der Waals surface area contributed by atoms with Crippen LogP contribution in [0.4, 0.5) is 0 Å². The summed E-state index contributed by atoms with van der Waals surface area (Å²) < 4.78 is 0. The van der Waals surface area contributed by atoms with E-state index in [4.69, 9.17) is 4.98 Å². The molecule has 0 amide bonds. The lowest BCUT2D eigenvalue weighted by Crippen LogP contribution is -1.94. The first kappa shape index (κ1) is 32.3. The fourth-order valence-corrected chi connectivity index (χ4v) is 8.07. The number of hydrogen-bond acceptors (Lipinski definition) is 1. The zero-order valence-electron chi connectivity index (χ0n) is 29.7. The average molecular weight is 678 g/mol. The summed E-state index contributed by atoms with van der Waals surface area (Å²) in [5, 5.41) is 7.60. The van der Waals surface area contributed by atoms with Gasteiger partial charge in [0.2, 0.25) is 0 Å². The molecule has 1 nitrogen and oxygen atoms in total. The number of rotatable bonds is 5. The average Bonchev–Trinajstić information content (AvgIpc) is 3.22. The molecule has 0 saturated heterocycles. The van der Waals surface area contributed by atoms with Gasteiger partial charge in [-0.1, -0.05) is 170 Å². The molecule has 0 N–H and O–H groups in total. The van der Waals surface area contributed by atoms with Gasteiger partial charge in [-0.3, -0.25) is 4.98 Å². The Kier molecular flexibility index (Phi) is 8.67. The number of nitrogens with zero attached hydrogens (tertiary/aromatic N) is 1. The van der Waals surface area contributed by atoms with Gasteiger partial charge < -0.3 is 0 Å². The smallest absolute Gasteiger partial charge is 0.0713 e. The summed E-state index contributed by atoms with van der Waals surface area (Å²) in [6.07, 6.45) is 26.4. The minimum absolute atomic E-state index is 0.893. The molecule has 0 spiro atoms. The lowest BCUT2D eigenvalue weighted by molar-refractivity contribution is 1.06. The van der Waals surface area contributed by atoms with Crippen molar-refractivity contribution < 1.29 is 0 Å². The molecule has 0 radical (unpaired) electrons. The zero-order valence-corrected chi connectivity index (χ0v) is 29.7. The predicted molar refractivity (Wildman–Crippen MR) is 229 cm³/mol. The second-order valence-electron chi connectivity index (χ2n) is 13.8. The standard InChI is InChI=1S/C52H39N/c1-36-18-7-4-2-3-5-10-23-41(36)50-35-39(32-33-53-50)38-21-15-22-40(34-38)51-46-24-11-13-26-48(46)52(49-27-14-12-25-47(49)51)45-31-17-29-43-42(28-16-30-44(43)45)37-19-8-6-9-20-37/h2,4-8,10-19,21-35H,1,3,9,20H2/b4-2-,10-5-,18-7-,41-23?. The molecule has 2 aliphatic rings. The Balaban J connectivity index is 1.21. The van der Waals surface area contributed by atoms with E-state index in [1.54, 1.807) is 0 Å². The monoisotopic (exact) mass is 677 g/mol. The van der Waals surface area contributed by atoms with Crippen molar-refractivity contribution >= 4 is 43.5 Å². The third-order valence-corrected chi connectivity index (χ3v) is 10.6. The summed E-state index contributed by atoms with van der Waals surface area (Å²) in [7, 11) is 0. The van der Waals surface area contributed by atoms with Crippen molar-refractivity contribution in [1.82, 2.24) is 4.98 Å². The topological polar surface area (TPSA) is 12.9 Å². The highest BCUT2D eigenvalue weighted by molar-refractivity contribution is 6.24. The Hall–Kier alpha value is -6.57. The van der Waals surface area contributed by atoms with E-state index in [-0.39, 0.29) is 0 Å². The highest BCUT2D eigenvalue weighted by atomic mass is 14.7. The van der Waals surface area contributed by atoms with Crippen LogP contribution in [0.5, 0.6) is 0 Å². The number of benzene rings is 6. The Morgan fingerprint density at radius 1 is 0.491 bits per heavy atom. The first-order valence-corrected chi connectivity index (χ1v) is 18.5. The Bertz CT molecular complexity index is 2700. The van der Waals surface area contributed by atoms with Gasteiger partial charge in [0.05, 0.1) is 5.69 Å². The fraction of sp³-hybridized carbons (Fsp3) is 0.0577. The maximum Gasteiger partial charge on any atom is 0.0713 e. The van der Waals surface area contributed by atoms with E-state index in [0.29, 0.717) is 0 Å². The second kappa shape index (κ2) is 14.2. The molecule has 0 saturated carbocycles. The normalized spacial score (nSPS) is 16.3. The number of pyridine rings is 1. The van der Waals surface area contributed by atoms with Crippen LogP contribution in [0.15, 0.2) is 200 Å². The van der Waals surface area contributed by atoms with Crippen LogP contribution in [-0.2, 0) is 0 Å². The fourth-order valence-electron chi connectivity index (χ4n) is 8.07. The molecule has 0 unspecified atom stereocenters. The lowest BCUT2D eigenvalue weighted by atomic mass is 9.83. The van der Waals surface area contributed by atoms with Crippen LogP contribution in [-0.4, -0.2) is 4.98 Å². The van der Waals surface area contributed by atoms with E-state index < -0.39 is 0 Å². The maximum absolute atomic E-state index is 4.80. The van der Waals surface area contributed by atoms with E-state index >= 15 is 0 Å². The molecule has 9 rings (SSSR count). The van der Waals surface area contributed by atoms with E-state index in [9.17, 15) is 0 Å². The Labute approximate surface area is 311 Å². The number of hydrogen-bond donors (Lipinski definition) is 0. The van der Waals surface area contributed by atoms with Crippen molar-refractivity contribution in [3.63, 3.8) is 0 Å². The number of fused-ring (bicyclic) bond motifs is 3. The van der Waals surface area contributed by atoms with Gasteiger partial charge in [0.15, 0.2) is 0 Å². The van der Waals surface area contributed by atoms with Gasteiger partial charge in [-0.15, -0.1) is 0 Å². The van der Waals surface area contributed by atoms with Crippen molar-refractivity contribution in [2.75, 3.05) is 0 Å². The first-order valence-electron chi connectivity index (χ1n) is 18.5. The van der Waals surface area contributed by atoms with Gasteiger partial charge >= 0.3 is 0 Å². The van der Waals surface area contributed by atoms with E-state index in [1.165, 1.54) is 65.7 Å². The van der Waals surface area contributed by atoms with Crippen LogP contribution in [0.3, 0.4) is 0 Å². The Morgan fingerprint density at radius 3 is 1.87 bits per heavy atom. The van der Waals surface area contributed by atoms with Crippen molar-refractivity contribution in [3.8, 4) is 33.4 Å². The highest BCUT2D eigenvalue weighted by Gasteiger charge is 2.19. The quantitative estimate of drug-likeness (QED) is 0.165. The van der Waals surface area contributed by atoms with Crippen LogP contribution in [0.2, 0.25) is 0 Å². The van der Waals surface area contributed by atoms with Crippen molar-refractivity contribution in [1.29, 1.82) is 0 Å². The highest BCUT2D eigenvalue weighted by Crippen LogP contribution is 2.46. The van der Waals surface area contributed by atoms with Gasteiger partial charge in [-0.25, -0.2) is 0 Å². The van der Waals surface area contributed by atoms with Crippen LogP contribution < -0.4 is 0 Å². The first-order chi connectivity index (χ1) is 26.2. The van der Waals surface area contributed by atoms with Crippen molar-refractivity contribution in [2.24, 2.45) is 0 Å². The van der Waals surface area contributed by atoms with Gasteiger partial charge in [0.25, 0.3) is 0 Å². The minimum atomic E-state index is 0.893. The molecule has 2 aliphatic carbocycles. The van der Waals surface area contributed by atoms with Gasteiger partial charge in [-0.2, -0.15) is 0 Å². The van der Waals surface area contributed by atoms with E-state index in [0.717, 1.165) is 47.2 Å². The Morgan fingerprint density at radius 2 is 1.11 bits per heavy atom. The molecular formula is C52H39N. The molecule has 0 fully saturated rings. The molecular weight excluding hydrogens is 639 g/mol. The van der Waals surface area contributed by atoms with Crippen LogP contribution in [0, 0.1) is 0 Å². The lowest BCUT2D eigenvalue weighted by Gasteiger charge is -2.20. The molecule has 1 heteroatoms. The van der Waals surface area contributed by atoms with Crippen molar-refractivity contribution in [3.05, 3.63) is 212 Å². The number of allylic oxidation sites excluding steroid dienone is 13. The molecule has 1 heterocycles. The maximum atomic E-state index is 4.80. The molecule has 7 aromatic rings. The third-order valence-electron chi connectivity index (χ3n) is 10.6. The zero-order chi connectivity index (χ0) is 35.6. The summed E-state index contributed by atoms with van der Waals surface area (Å²) in [4.78, 5) is 4.80. The van der Waals surface area contributed by atoms with Crippen LogP contribution in [0.25, 0.3) is 76.8 Å². The molecule has 53 heavy (non-hydrogen) atoms. The third kappa shape index (κ3) is 6.11. The summed E-state index contributed by atoms with van der Waals surface area (Å²) in [6, 6.07) is 44.8. The summed E-state index contributed by atoms with van der Waals surface area (Å²) in [5.74, 6) is 0. The van der Waals surface area contributed by atoms with E-state index in [2.05, 4.69) is 183 Å². The van der Waals surface area contributed by atoms with Crippen LogP contribution in [0.1, 0.15) is 30.5 Å². The molecule has 0 aliphatic heterocycles. The van der Waals surface area contributed by atoms with E-state index in [1.807, 2.05) is 12.3 Å². The summed E-state index contributed by atoms with van der Waals surface area (Å²) in [6.45, 7) is 4.36. The summed E-state index contributed by atoms with van der Waals surface area (Å²) >= 11 is 0. The van der Waals surface area contributed by atoms with Crippen molar-refractivity contribution in [2.45, 2.75) is 19.3 Å². The van der Waals surface area contributed by atoms with Crippen LogP contribution >= 0.6 is 0 Å². The molecule has 1 aromatic heterocycles. The van der Waals surface area contributed by atoms with Gasteiger partial charge in [0.1, 0.15) is 0 Å². The molecule has 252 valence electrons. The second-order valence-corrected chi connectivity index (χ2v) is 13.8.